The Morgan fingerprint density at radius 3 is 2.94 bits per heavy atom. The quantitative estimate of drug-likeness (QED) is 0.870. The maximum atomic E-state index is 5.87. The van der Waals surface area contributed by atoms with Gasteiger partial charge in [-0.05, 0) is 47.6 Å². The largest absolute Gasteiger partial charge is 0.334 e. The minimum atomic E-state index is -0.157. The van der Waals surface area contributed by atoms with Crippen LogP contribution in [0.3, 0.4) is 0 Å². The minimum absolute atomic E-state index is 0.157. The molecule has 0 aliphatic heterocycles. The third kappa shape index (κ3) is 2.50. The van der Waals surface area contributed by atoms with Crippen LogP contribution in [0, 0.1) is 10.5 Å². The molecule has 0 aliphatic carbocycles. The second-order valence-electron chi connectivity index (χ2n) is 3.91. The summed E-state index contributed by atoms with van der Waals surface area (Å²) in [5.74, 6) is 1.11. The van der Waals surface area contributed by atoms with Gasteiger partial charge in [-0.2, -0.15) is 4.98 Å². The zero-order chi connectivity index (χ0) is 12.4. The van der Waals surface area contributed by atoms with Crippen molar-refractivity contribution in [2.45, 2.75) is 26.3 Å². The fraction of sp³-hybridized carbons (Fsp3) is 0.333. The molecule has 0 saturated heterocycles. The van der Waals surface area contributed by atoms with Crippen molar-refractivity contribution in [1.82, 2.24) is 10.1 Å². The third-order valence-electron chi connectivity index (χ3n) is 2.64. The molecule has 0 fully saturated rings. The highest BCUT2D eigenvalue weighted by Crippen LogP contribution is 2.26. The Hall–Kier alpha value is -0.950. The number of nitrogens with zero attached hydrogens (tertiary/aromatic N) is 2. The van der Waals surface area contributed by atoms with Gasteiger partial charge in [0.05, 0.1) is 11.6 Å². The normalized spacial score (nSPS) is 12.7. The molecule has 2 N–H and O–H groups in total. The van der Waals surface area contributed by atoms with E-state index in [0.29, 0.717) is 11.7 Å². The summed E-state index contributed by atoms with van der Waals surface area (Å²) in [6.45, 7) is 4.05. The molecule has 2 aromatic rings. The van der Waals surface area contributed by atoms with E-state index in [-0.39, 0.29) is 6.04 Å². The number of hydrogen-bond acceptors (Lipinski definition) is 4. The molecule has 1 atom stereocenters. The number of benzene rings is 1. The summed E-state index contributed by atoms with van der Waals surface area (Å²) in [6.07, 6.45) is 0.796. The van der Waals surface area contributed by atoms with Crippen molar-refractivity contribution in [1.29, 1.82) is 0 Å². The van der Waals surface area contributed by atoms with Crippen molar-refractivity contribution in [3.8, 4) is 11.5 Å². The number of aryl methyl sites for hydroxylation is 1. The van der Waals surface area contributed by atoms with E-state index in [2.05, 4.69) is 45.7 Å². The van der Waals surface area contributed by atoms with Gasteiger partial charge in [-0.1, -0.05) is 24.2 Å². The third-order valence-corrected chi connectivity index (χ3v) is 4.07. The smallest absolute Gasteiger partial charge is 0.259 e. The summed E-state index contributed by atoms with van der Waals surface area (Å²) in [6, 6.07) is 5.86. The minimum Gasteiger partial charge on any atom is -0.334 e. The van der Waals surface area contributed by atoms with Gasteiger partial charge in [0.15, 0.2) is 5.82 Å². The zero-order valence-corrected chi connectivity index (χ0v) is 11.9. The molecule has 0 saturated carbocycles. The lowest BCUT2D eigenvalue weighted by Gasteiger charge is -2.02. The summed E-state index contributed by atoms with van der Waals surface area (Å²) in [7, 11) is 0. The van der Waals surface area contributed by atoms with Crippen LogP contribution < -0.4 is 5.73 Å². The van der Waals surface area contributed by atoms with E-state index in [9.17, 15) is 0 Å². The highest BCUT2D eigenvalue weighted by Gasteiger charge is 2.15. The van der Waals surface area contributed by atoms with Gasteiger partial charge >= 0.3 is 0 Å². The van der Waals surface area contributed by atoms with Gasteiger partial charge < -0.3 is 10.3 Å². The molecule has 5 heteroatoms. The topological polar surface area (TPSA) is 64.9 Å². The van der Waals surface area contributed by atoms with Gasteiger partial charge in [-0.3, -0.25) is 0 Å². The predicted octanol–water partition coefficient (Wildman–Crippen LogP) is 3.06. The number of halogens is 1. The van der Waals surface area contributed by atoms with Crippen LogP contribution in [0.25, 0.3) is 11.5 Å². The van der Waals surface area contributed by atoms with Crippen molar-refractivity contribution < 1.29 is 4.52 Å². The first-order valence-corrected chi connectivity index (χ1v) is 6.56. The highest BCUT2D eigenvalue weighted by molar-refractivity contribution is 14.1. The number of nitrogens with two attached hydrogens (primary N) is 1. The van der Waals surface area contributed by atoms with Gasteiger partial charge in [0, 0.05) is 3.57 Å². The van der Waals surface area contributed by atoms with Crippen molar-refractivity contribution in [2.75, 3.05) is 0 Å². The molecule has 1 unspecified atom stereocenters. The molecule has 2 rings (SSSR count). The molecule has 0 bridgehead atoms. The average Bonchev–Trinajstić information content (AvgIpc) is 2.81. The fourth-order valence-corrected chi connectivity index (χ4v) is 2.08. The van der Waals surface area contributed by atoms with E-state index >= 15 is 0 Å². The maximum Gasteiger partial charge on any atom is 0.259 e. The summed E-state index contributed by atoms with van der Waals surface area (Å²) in [5.41, 5.74) is 8.03. The van der Waals surface area contributed by atoms with E-state index in [1.165, 1.54) is 5.56 Å². The molecule has 0 spiro atoms. The Bertz CT molecular complexity index is 524. The van der Waals surface area contributed by atoms with Crippen LogP contribution in [0.5, 0.6) is 0 Å². The first-order chi connectivity index (χ1) is 8.13. The van der Waals surface area contributed by atoms with Crippen molar-refractivity contribution in [3.63, 3.8) is 0 Å². The van der Waals surface area contributed by atoms with E-state index in [1.807, 2.05) is 19.1 Å². The van der Waals surface area contributed by atoms with Gasteiger partial charge in [0.2, 0.25) is 0 Å². The number of aromatic nitrogens is 2. The van der Waals surface area contributed by atoms with Gasteiger partial charge in [-0.15, -0.1) is 0 Å². The fourth-order valence-electron chi connectivity index (χ4n) is 1.49. The maximum absolute atomic E-state index is 5.87. The lowest BCUT2D eigenvalue weighted by atomic mass is 10.1. The van der Waals surface area contributed by atoms with Crippen LogP contribution in [0.2, 0.25) is 0 Å². The molecule has 0 aliphatic rings. The standard InChI is InChI=1S/C12H14IN3O/c1-3-9(14)11-15-12(17-16-11)8-6-4-5-7(2)10(8)13/h4-6,9H,3,14H2,1-2H3. The van der Waals surface area contributed by atoms with E-state index in [4.69, 9.17) is 10.3 Å². The lowest BCUT2D eigenvalue weighted by Crippen LogP contribution is -2.10. The Balaban J connectivity index is 2.40. The van der Waals surface area contributed by atoms with Crippen LogP contribution in [0.15, 0.2) is 22.7 Å². The number of rotatable bonds is 3. The van der Waals surface area contributed by atoms with E-state index < -0.39 is 0 Å². The van der Waals surface area contributed by atoms with Crippen LogP contribution in [-0.2, 0) is 0 Å². The molecule has 0 amide bonds. The summed E-state index contributed by atoms with van der Waals surface area (Å²) in [5, 5.41) is 3.92. The molecular formula is C12H14IN3O. The average molecular weight is 343 g/mol. The summed E-state index contributed by atoms with van der Waals surface area (Å²) < 4.78 is 6.39. The Labute approximate surface area is 114 Å². The Kier molecular flexibility index (Phi) is 3.78. The first kappa shape index (κ1) is 12.5. The second-order valence-corrected chi connectivity index (χ2v) is 4.99. The summed E-state index contributed by atoms with van der Waals surface area (Å²) in [4.78, 5) is 4.35. The van der Waals surface area contributed by atoms with Crippen LogP contribution in [0.1, 0.15) is 30.8 Å². The molecule has 4 nitrogen and oxygen atoms in total. The van der Waals surface area contributed by atoms with Crippen LogP contribution >= 0.6 is 22.6 Å². The molecule has 90 valence electrons. The van der Waals surface area contributed by atoms with Crippen LogP contribution in [0.4, 0.5) is 0 Å². The lowest BCUT2D eigenvalue weighted by molar-refractivity contribution is 0.415. The Morgan fingerprint density at radius 1 is 1.47 bits per heavy atom. The van der Waals surface area contributed by atoms with Gasteiger partial charge in [0.1, 0.15) is 0 Å². The van der Waals surface area contributed by atoms with E-state index in [1.54, 1.807) is 0 Å². The molecule has 0 radical (unpaired) electrons. The SMILES string of the molecule is CCC(N)c1noc(-c2cccc(C)c2I)n1. The van der Waals surface area contributed by atoms with Crippen molar-refractivity contribution in [3.05, 3.63) is 33.2 Å². The van der Waals surface area contributed by atoms with Crippen LogP contribution in [-0.4, -0.2) is 10.1 Å². The Morgan fingerprint density at radius 2 is 2.24 bits per heavy atom. The molecule has 1 aromatic heterocycles. The number of hydrogen-bond donors (Lipinski definition) is 1. The monoisotopic (exact) mass is 343 g/mol. The van der Waals surface area contributed by atoms with Gasteiger partial charge in [0.25, 0.3) is 5.89 Å². The van der Waals surface area contributed by atoms with E-state index in [0.717, 1.165) is 15.6 Å². The van der Waals surface area contributed by atoms with Crippen molar-refractivity contribution in [2.24, 2.45) is 5.73 Å². The molecule has 1 aromatic carbocycles. The summed E-state index contributed by atoms with van der Waals surface area (Å²) >= 11 is 2.29. The first-order valence-electron chi connectivity index (χ1n) is 5.48. The van der Waals surface area contributed by atoms with Gasteiger partial charge in [-0.25, -0.2) is 0 Å². The molecule has 1 heterocycles. The second kappa shape index (κ2) is 5.14. The van der Waals surface area contributed by atoms with Crippen molar-refractivity contribution >= 4 is 22.6 Å². The predicted molar refractivity (Wildman–Crippen MR) is 74.4 cm³/mol. The highest BCUT2D eigenvalue weighted by atomic mass is 127. The zero-order valence-electron chi connectivity index (χ0n) is 9.77. The molecule has 17 heavy (non-hydrogen) atoms. The molecular weight excluding hydrogens is 329 g/mol.